The number of aromatic nitrogens is 4. The minimum absolute atomic E-state index is 0.101. The Morgan fingerprint density at radius 2 is 2.09 bits per heavy atom. The van der Waals surface area contributed by atoms with Crippen LogP contribution in [0.4, 0.5) is 0 Å². The fraction of sp³-hybridized carbons (Fsp3) is 0.125. The van der Waals surface area contributed by atoms with E-state index in [4.69, 9.17) is 0 Å². The molecule has 1 aliphatic rings. The molecular weight excluding hydrogens is 358 g/mol. The summed E-state index contributed by atoms with van der Waals surface area (Å²) in [5, 5.41) is 7.29. The molecule has 0 spiro atoms. The fourth-order valence-corrected chi connectivity index (χ4v) is 2.93. The molecular formula is C16H12BrN5O. The molecule has 7 heteroatoms. The highest BCUT2D eigenvalue weighted by Crippen LogP contribution is 2.23. The van der Waals surface area contributed by atoms with Gasteiger partial charge in [0, 0.05) is 22.8 Å². The molecule has 0 unspecified atom stereocenters. The third kappa shape index (κ3) is 2.63. The summed E-state index contributed by atoms with van der Waals surface area (Å²) in [5.74, 6) is 0.524. The van der Waals surface area contributed by atoms with Crippen molar-refractivity contribution < 1.29 is 4.79 Å². The maximum atomic E-state index is 11.8. The van der Waals surface area contributed by atoms with E-state index in [9.17, 15) is 4.79 Å². The van der Waals surface area contributed by atoms with Crippen molar-refractivity contribution in [1.29, 1.82) is 0 Å². The van der Waals surface area contributed by atoms with E-state index in [-0.39, 0.29) is 5.91 Å². The fourth-order valence-electron chi connectivity index (χ4n) is 2.53. The van der Waals surface area contributed by atoms with Gasteiger partial charge in [-0.1, -0.05) is 28.1 Å². The van der Waals surface area contributed by atoms with E-state index in [1.54, 1.807) is 23.0 Å². The van der Waals surface area contributed by atoms with Crippen LogP contribution in [0.3, 0.4) is 0 Å². The zero-order chi connectivity index (χ0) is 15.8. The lowest BCUT2D eigenvalue weighted by Crippen LogP contribution is -2.35. The van der Waals surface area contributed by atoms with Crippen LogP contribution in [0.2, 0.25) is 0 Å². The van der Waals surface area contributed by atoms with Crippen LogP contribution in [0.25, 0.3) is 22.8 Å². The summed E-state index contributed by atoms with van der Waals surface area (Å²) in [7, 11) is 0. The van der Waals surface area contributed by atoms with Crippen LogP contribution in [0.5, 0.6) is 0 Å². The zero-order valence-electron chi connectivity index (χ0n) is 12.0. The number of carbonyl (C=O) groups is 1. The van der Waals surface area contributed by atoms with Gasteiger partial charge in [0.05, 0.1) is 12.2 Å². The molecule has 0 bridgehead atoms. The van der Waals surface area contributed by atoms with E-state index in [1.165, 1.54) is 0 Å². The molecule has 2 aromatic heterocycles. The molecule has 0 saturated heterocycles. The van der Waals surface area contributed by atoms with Gasteiger partial charge in [-0.25, -0.2) is 9.97 Å². The predicted octanol–water partition coefficient (Wildman–Crippen LogP) is 2.51. The van der Waals surface area contributed by atoms with Crippen molar-refractivity contribution in [2.24, 2.45) is 0 Å². The van der Waals surface area contributed by atoms with Gasteiger partial charge in [0.25, 0.3) is 5.91 Å². The van der Waals surface area contributed by atoms with E-state index >= 15 is 0 Å². The van der Waals surface area contributed by atoms with E-state index in [1.807, 2.05) is 24.3 Å². The Morgan fingerprint density at radius 3 is 2.91 bits per heavy atom. The molecule has 1 aliphatic heterocycles. The van der Waals surface area contributed by atoms with Crippen LogP contribution in [0.1, 0.15) is 10.5 Å². The minimum Gasteiger partial charge on any atom is -0.349 e. The number of amides is 1. The van der Waals surface area contributed by atoms with Crippen molar-refractivity contribution in [2.45, 2.75) is 6.54 Å². The standard InChI is InChI=1S/C16H12BrN5O/c17-11-3-1-2-10(8-11)15-18-5-4-12(20-15)13-9-14-16(23)19-6-7-22(14)21-13/h1-5,8-9H,6-7H2,(H,19,23). The monoisotopic (exact) mass is 369 g/mol. The van der Waals surface area contributed by atoms with Gasteiger partial charge in [0.15, 0.2) is 5.82 Å². The maximum Gasteiger partial charge on any atom is 0.269 e. The Bertz CT molecular complexity index is 905. The van der Waals surface area contributed by atoms with Gasteiger partial charge in [0.1, 0.15) is 11.4 Å². The SMILES string of the molecule is O=C1NCCn2nc(-c3ccnc(-c4cccc(Br)c4)n3)cc21. The van der Waals surface area contributed by atoms with Gasteiger partial charge in [-0.05, 0) is 24.3 Å². The largest absolute Gasteiger partial charge is 0.349 e. The topological polar surface area (TPSA) is 72.7 Å². The van der Waals surface area contributed by atoms with Crippen LogP contribution < -0.4 is 5.32 Å². The van der Waals surface area contributed by atoms with Crippen molar-refractivity contribution in [3.63, 3.8) is 0 Å². The lowest BCUT2D eigenvalue weighted by atomic mass is 10.2. The third-order valence-electron chi connectivity index (χ3n) is 3.62. The molecule has 114 valence electrons. The first-order valence-corrected chi connectivity index (χ1v) is 7.95. The Hall–Kier alpha value is -2.54. The molecule has 23 heavy (non-hydrogen) atoms. The minimum atomic E-state index is -0.101. The second kappa shape index (κ2) is 5.58. The summed E-state index contributed by atoms with van der Waals surface area (Å²) in [6, 6.07) is 11.4. The third-order valence-corrected chi connectivity index (χ3v) is 4.12. The smallest absolute Gasteiger partial charge is 0.269 e. The average molecular weight is 370 g/mol. The number of carbonyl (C=O) groups excluding carboxylic acids is 1. The highest BCUT2D eigenvalue weighted by molar-refractivity contribution is 9.10. The predicted molar refractivity (Wildman–Crippen MR) is 88.7 cm³/mol. The maximum absolute atomic E-state index is 11.8. The lowest BCUT2D eigenvalue weighted by molar-refractivity contribution is 0.0924. The number of benzene rings is 1. The van der Waals surface area contributed by atoms with Crippen molar-refractivity contribution in [3.8, 4) is 22.8 Å². The van der Waals surface area contributed by atoms with Gasteiger partial charge in [0.2, 0.25) is 0 Å². The number of nitrogens with zero attached hydrogens (tertiary/aromatic N) is 4. The van der Waals surface area contributed by atoms with Crippen molar-refractivity contribution in [2.75, 3.05) is 6.54 Å². The molecule has 0 fully saturated rings. The van der Waals surface area contributed by atoms with Crippen LogP contribution in [0, 0.1) is 0 Å². The highest BCUT2D eigenvalue weighted by Gasteiger charge is 2.20. The summed E-state index contributed by atoms with van der Waals surface area (Å²) in [4.78, 5) is 20.8. The normalized spacial score (nSPS) is 13.5. The number of halogens is 1. The highest BCUT2D eigenvalue weighted by atomic mass is 79.9. The van der Waals surface area contributed by atoms with E-state index in [0.717, 1.165) is 10.0 Å². The Kier molecular flexibility index (Phi) is 3.42. The number of hydrogen-bond donors (Lipinski definition) is 1. The van der Waals surface area contributed by atoms with Gasteiger partial charge in [-0.15, -0.1) is 0 Å². The molecule has 0 saturated carbocycles. The molecule has 1 amide bonds. The van der Waals surface area contributed by atoms with Crippen LogP contribution in [-0.2, 0) is 6.54 Å². The van der Waals surface area contributed by atoms with Crippen LogP contribution in [-0.4, -0.2) is 32.2 Å². The quantitative estimate of drug-likeness (QED) is 0.753. The molecule has 1 N–H and O–H groups in total. The molecule has 3 heterocycles. The summed E-state index contributed by atoms with van der Waals surface area (Å²) in [6.45, 7) is 1.27. The molecule has 0 atom stereocenters. The molecule has 0 aliphatic carbocycles. The summed E-state index contributed by atoms with van der Waals surface area (Å²) in [6.07, 6.45) is 1.71. The first kappa shape index (κ1) is 14.1. The molecule has 3 aromatic rings. The van der Waals surface area contributed by atoms with Crippen LogP contribution in [0.15, 0.2) is 47.1 Å². The number of fused-ring (bicyclic) bond motifs is 1. The van der Waals surface area contributed by atoms with Gasteiger partial charge in [-0.2, -0.15) is 5.10 Å². The average Bonchev–Trinajstić information content (AvgIpc) is 3.01. The van der Waals surface area contributed by atoms with Gasteiger partial charge < -0.3 is 5.32 Å². The second-order valence-corrected chi connectivity index (χ2v) is 6.09. The van der Waals surface area contributed by atoms with Gasteiger partial charge in [-0.3, -0.25) is 9.48 Å². The van der Waals surface area contributed by atoms with Crippen molar-refractivity contribution >= 4 is 21.8 Å². The van der Waals surface area contributed by atoms with Crippen molar-refractivity contribution in [1.82, 2.24) is 25.1 Å². The van der Waals surface area contributed by atoms with Crippen molar-refractivity contribution in [3.05, 3.63) is 52.8 Å². The molecule has 0 radical (unpaired) electrons. The molecule has 4 rings (SSSR count). The Labute approximate surface area is 140 Å². The number of hydrogen-bond acceptors (Lipinski definition) is 4. The van der Waals surface area contributed by atoms with Crippen LogP contribution >= 0.6 is 15.9 Å². The van der Waals surface area contributed by atoms with E-state index < -0.39 is 0 Å². The Morgan fingerprint density at radius 1 is 1.17 bits per heavy atom. The second-order valence-electron chi connectivity index (χ2n) is 5.17. The first-order valence-electron chi connectivity index (χ1n) is 7.16. The van der Waals surface area contributed by atoms with E-state index in [2.05, 4.69) is 36.3 Å². The summed E-state index contributed by atoms with van der Waals surface area (Å²) < 4.78 is 2.69. The number of nitrogens with one attached hydrogen (secondary N) is 1. The summed E-state index contributed by atoms with van der Waals surface area (Å²) in [5.41, 5.74) is 2.86. The van der Waals surface area contributed by atoms with E-state index in [0.29, 0.717) is 36.0 Å². The lowest BCUT2D eigenvalue weighted by Gasteiger charge is -2.13. The van der Waals surface area contributed by atoms with Gasteiger partial charge >= 0.3 is 0 Å². The molecule has 6 nitrogen and oxygen atoms in total. The summed E-state index contributed by atoms with van der Waals surface area (Å²) >= 11 is 3.45. The molecule has 1 aromatic carbocycles. The first-order chi connectivity index (χ1) is 11.2. The Balaban J connectivity index is 1.76. The number of rotatable bonds is 2. The zero-order valence-corrected chi connectivity index (χ0v) is 13.6.